The Balaban J connectivity index is 1.47. The van der Waals surface area contributed by atoms with Gasteiger partial charge in [0.1, 0.15) is 12.7 Å². The zero-order valence-corrected chi connectivity index (χ0v) is 18.9. The van der Waals surface area contributed by atoms with E-state index in [2.05, 4.69) is 34.7 Å². The number of piperazine rings is 1. The number of hydrogen-bond acceptors (Lipinski definition) is 7. The predicted octanol–water partition coefficient (Wildman–Crippen LogP) is 1.68. The van der Waals surface area contributed by atoms with Crippen LogP contribution in [0.25, 0.3) is 0 Å². The number of rotatable bonds is 10. The van der Waals surface area contributed by atoms with Crippen LogP contribution in [0.2, 0.25) is 0 Å². The van der Waals surface area contributed by atoms with E-state index in [9.17, 15) is 5.11 Å². The molecule has 1 aromatic rings. The second-order valence-corrected chi connectivity index (χ2v) is 8.44. The van der Waals surface area contributed by atoms with E-state index in [0.717, 1.165) is 71.1 Å². The number of ether oxygens (including phenoxy) is 3. The summed E-state index contributed by atoms with van der Waals surface area (Å²) in [5.41, 5.74) is 1.20. The van der Waals surface area contributed by atoms with Crippen LogP contribution in [-0.4, -0.2) is 105 Å². The molecule has 2 fully saturated rings. The lowest BCUT2D eigenvalue weighted by atomic mass is 10.1. The molecule has 0 amide bonds. The summed E-state index contributed by atoms with van der Waals surface area (Å²) in [7, 11) is 3.83. The van der Waals surface area contributed by atoms with E-state index < -0.39 is 6.10 Å². The fourth-order valence-corrected chi connectivity index (χ4v) is 4.30. The summed E-state index contributed by atoms with van der Waals surface area (Å²) in [6, 6.07) is 6.65. The van der Waals surface area contributed by atoms with Crippen LogP contribution in [-0.2, 0) is 11.3 Å². The Morgan fingerprint density at radius 2 is 1.83 bits per heavy atom. The number of β-amino-alcohol motifs (C(OH)–C–C–N with tert-alkyl or cyclic N) is 1. The van der Waals surface area contributed by atoms with Crippen molar-refractivity contribution < 1.29 is 19.3 Å². The van der Waals surface area contributed by atoms with Crippen LogP contribution in [0.5, 0.6) is 11.5 Å². The average Bonchev–Trinajstić information content (AvgIpc) is 2.79. The molecule has 2 saturated heterocycles. The van der Waals surface area contributed by atoms with Crippen molar-refractivity contribution in [2.75, 3.05) is 73.2 Å². The minimum absolute atomic E-state index is 0.270. The highest BCUT2D eigenvalue weighted by atomic mass is 16.5. The van der Waals surface area contributed by atoms with Crippen LogP contribution in [0.1, 0.15) is 25.3 Å². The van der Waals surface area contributed by atoms with Crippen molar-refractivity contribution in [3.63, 3.8) is 0 Å². The summed E-state index contributed by atoms with van der Waals surface area (Å²) in [6.45, 7) is 10.9. The van der Waals surface area contributed by atoms with E-state index in [1.807, 2.05) is 12.1 Å². The van der Waals surface area contributed by atoms with Gasteiger partial charge in [0.2, 0.25) is 0 Å². The summed E-state index contributed by atoms with van der Waals surface area (Å²) in [6.07, 6.45) is 1.66. The van der Waals surface area contributed by atoms with Crippen LogP contribution in [0, 0.1) is 0 Å². The molecule has 0 saturated carbocycles. The molecule has 0 spiro atoms. The highest BCUT2D eigenvalue weighted by molar-refractivity contribution is 5.43. The molecule has 3 rings (SSSR count). The summed E-state index contributed by atoms with van der Waals surface area (Å²) in [5.74, 6) is 1.40. The van der Waals surface area contributed by atoms with Crippen LogP contribution in [0.15, 0.2) is 18.2 Å². The minimum atomic E-state index is -0.512. The number of aliphatic hydroxyl groups excluding tert-OH is 1. The standard InChI is InChI=1S/C23H39N3O4/c1-4-25-9-11-26(12-10-25)17-21(27)18-30-22-6-5-19(15-23(22)28-3)16-24(2)20-7-13-29-14-8-20/h5-6,15,20-21,27H,4,7-14,16-18H2,1-3H3/t21-/m0/s1. The van der Waals surface area contributed by atoms with Crippen molar-refractivity contribution in [3.05, 3.63) is 23.8 Å². The van der Waals surface area contributed by atoms with Gasteiger partial charge < -0.3 is 24.2 Å². The number of likely N-dealkylation sites (N-methyl/N-ethyl adjacent to an activating group) is 1. The first-order valence-corrected chi connectivity index (χ1v) is 11.3. The van der Waals surface area contributed by atoms with E-state index in [4.69, 9.17) is 14.2 Å². The summed E-state index contributed by atoms with van der Waals surface area (Å²) < 4.78 is 16.9. The molecule has 2 aliphatic heterocycles. The molecular weight excluding hydrogens is 382 g/mol. The average molecular weight is 422 g/mol. The Morgan fingerprint density at radius 3 is 2.50 bits per heavy atom. The monoisotopic (exact) mass is 421 g/mol. The van der Waals surface area contributed by atoms with Crippen molar-refractivity contribution in [1.82, 2.24) is 14.7 Å². The van der Waals surface area contributed by atoms with Crippen LogP contribution < -0.4 is 9.47 Å². The Morgan fingerprint density at radius 1 is 1.13 bits per heavy atom. The molecule has 2 aliphatic rings. The van der Waals surface area contributed by atoms with Gasteiger partial charge >= 0.3 is 0 Å². The molecule has 2 heterocycles. The molecule has 1 atom stereocenters. The normalized spacial score (nSPS) is 20.4. The quantitative estimate of drug-likeness (QED) is 0.617. The smallest absolute Gasteiger partial charge is 0.161 e. The third kappa shape index (κ3) is 6.82. The summed E-state index contributed by atoms with van der Waals surface area (Å²) in [5, 5.41) is 10.4. The maximum atomic E-state index is 10.4. The molecule has 1 aromatic carbocycles. The Hall–Kier alpha value is -1.38. The zero-order chi connectivity index (χ0) is 21.3. The van der Waals surface area contributed by atoms with Gasteiger partial charge in [0.25, 0.3) is 0 Å². The van der Waals surface area contributed by atoms with Gasteiger partial charge in [0, 0.05) is 58.5 Å². The van der Waals surface area contributed by atoms with Crippen LogP contribution in [0.3, 0.4) is 0 Å². The Bertz CT molecular complexity index is 631. The number of nitrogens with zero attached hydrogens (tertiary/aromatic N) is 3. The van der Waals surface area contributed by atoms with Crippen molar-refractivity contribution in [2.45, 2.75) is 38.5 Å². The lowest BCUT2D eigenvalue weighted by Gasteiger charge is -2.34. The van der Waals surface area contributed by atoms with Gasteiger partial charge in [-0.3, -0.25) is 9.80 Å². The number of methoxy groups -OCH3 is 1. The maximum absolute atomic E-state index is 10.4. The molecule has 0 aromatic heterocycles. The van der Waals surface area contributed by atoms with E-state index in [1.54, 1.807) is 7.11 Å². The van der Waals surface area contributed by atoms with Gasteiger partial charge in [-0.2, -0.15) is 0 Å². The maximum Gasteiger partial charge on any atom is 0.161 e. The van der Waals surface area contributed by atoms with Gasteiger partial charge in [-0.05, 0) is 44.1 Å². The third-order valence-electron chi connectivity index (χ3n) is 6.29. The molecular formula is C23H39N3O4. The van der Waals surface area contributed by atoms with Gasteiger partial charge in [0.05, 0.1) is 7.11 Å². The first kappa shape index (κ1) is 23.3. The Kier molecular flexibility index (Phi) is 9.21. The number of benzene rings is 1. The second-order valence-electron chi connectivity index (χ2n) is 8.44. The lowest BCUT2D eigenvalue weighted by molar-refractivity contribution is 0.0406. The summed E-state index contributed by atoms with van der Waals surface area (Å²) >= 11 is 0. The van der Waals surface area contributed by atoms with Gasteiger partial charge in [-0.1, -0.05) is 13.0 Å². The van der Waals surface area contributed by atoms with E-state index in [1.165, 1.54) is 5.56 Å². The van der Waals surface area contributed by atoms with Crippen molar-refractivity contribution >= 4 is 0 Å². The van der Waals surface area contributed by atoms with E-state index in [-0.39, 0.29) is 6.61 Å². The molecule has 170 valence electrons. The minimum Gasteiger partial charge on any atom is -0.493 e. The molecule has 0 aliphatic carbocycles. The molecule has 30 heavy (non-hydrogen) atoms. The Labute approximate surface area is 181 Å². The highest BCUT2D eigenvalue weighted by Crippen LogP contribution is 2.29. The lowest BCUT2D eigenvalue weighted by Crippen LogP contribution is -2.49. The summed E-state index contributed by atoms with van der Waals surface area (Å²) in [4.78, 5) is 7.14. The fourth-order valence-electron chi connectivity index (χ4n) is 4.30. The van der Waals surface area contributed by atoms with Gasteiger partial charge in [-0.15, -0.1) is 0 Å². The molecule has 0 radical (unpaired) electrons. The van der Waals surface area contributed by atoms with E-state index in [0.29, 0.717) is 18.3 Å². The zero-order valence-electron chi connectivity index (χ0n) is 18.9. The molecule has 1 N–H and O–H groups in total. The largest absolute Gasteiger partial charge is 0.493 e. The number of aliphatic hydroxyl groups is 1. The molecule has 7 heteroatoms. The third-order valence-corrected chi connectivity index (χ3v) is 6.29. The van der Waals surface area contributed by atoms with Crippen molar-refractivity contribution in [2.24, 2.45) is 0 Å². The topological polar surface area (TPSA) is 57.6 Å². The highest BCUT2D eigenvalue weighted by Gasteiger charge is 2.20. The molecule has 0 bridgehead atoms. The predicted molar refractivity (Wildman–Crippen MR) is 118 cm³/mol. The fraction of sp³-hybridized carbons (Fsp3) is 0.739. The first-order chi connectivity index (χ1) is 14.6. The SMILES string of the molecule is CCN1CCN(C[C@H](O)COc2ccc(CN(C)C3CCOCC3)cc2OC)CC1. The van der Waals surface area contributed by atoms with Crippen molar-refractivity contribution in [1.29, 1.82) is 0 Å². The second kappa shape index (κ2) is 11.9. The number of hydrogen-bond donors (Lipinski definition) is 1. The van der Waals surface area contributed by atoms with Gasteiger partial charge in [-0.25, -0.2) is 0 Å². The van der Waals surface area contributed by atoms with Crippen LogP contribution >= 0.6 is 0 Å². The van der Waals surface area contributed by atoms with E-state index >= 15 is 0 Å². The van der Waals surface area contributed by atoms with Gasteiger partial charge in [0.15, 0.2) is 11.5 Å². The van der Waals surface area contributed by atoms with Crippen LogP contribution in [0.4, 0.5) is 0 Å². The van der Waals surface area contributed by atoms with Crippen molar-refractivity contribution in [3.8, 4) is 11.5 Å². The first-order valence-electron chi connectivity index (χ1n) is 11.3. The molecule has 0 unspecified atom stereocenters. The molecule has 7 nitrogen and oxygen atoms in total.